The van der Waals surface area contributed by atoms with Crippen molar-refractivity contribution in [2.45, 2.75) is 25.9 Å². The zero-order valence-corrected chi connectivity index (χ0v) is 14.2. The first-order valence-corrected chi connectivity index (χ1v) is 8.22. The summed E-state index contributed by atoms with van der Waals surface area (Å²) in [5.41, 5.74) is -0.450. The van der Waals surface area contributed by atoms with Crippen molar-refractivity contribution in [3.05, 3.63) is 62.1 Å². The number of rotatable bonds is 5. The average molecular weight is 358 g/mol. The molecule has 0 aliphatic carbocycles. The minimum Gasteiger partial charge on any atom is -0.376 e. The molecule has 2 aromatic rings. The summed E-state index contributed by atoms with van der Waals surface area (Å²) >= 11 is 0. The van der Waals surface area contributed by atoms with Gasteiger partial charge in [0, 0.05) is 31.0 Å². The number of para-hydroxylation sites is 2. The van der Waals surface area contributed by atoms with E-state index in [2.05, 4.69) is 10.4 Å². The van der Waals surface area contributed by atoms with Gasteiger partial charge in [0.05, 0.1) is 11.0 Å². The van der Waals surface area contributed by atoms with Crippen LogP contribution in [-0.4, -0.2) is 39.9 Å². The zero-order valence-electron chi connectivity index (χ0n) is 14.2. The zero-order chi connectivity index (χ0) is 18.7. The Balaban J connectivity index is 1.93. The molecule has 1 unspecified atom stereocenters. The van der Waals surface area contributed by atoms with Gasteiger partial charge in [-0.1, -0.05) is 12.1 Å². The molecule has 2 heterocycles. The molecule has 9 nitrogen and oxygen atoms in total. The van der Waals surface area contributed by atoms with E-state index >= 15 is 0 Å². The Hall–Kier alpha value is -3.07. The van der Waals surface area contributed by atoms with Crippen molar-refractivity contribution in [3.8, 4) is 5.69 Å². The Morgan fingerprint density at radius 1 is 1.46 bits per heavy atom. The van der Waals surface area contributed by atoms with Crippen LogP contribution in [0.5, 0.6) is 0 Å². The van der Waals surface area contributed by atoms with Crippen LogP contribution < -0.4 is 10.7 Å². The van der Waals surface area contributed by atoms with Gasteiger partial charge in [0.2, 0.25) is 5.43 Å². The fourth-order valence-corrected chi connectivity index (χ4v) is 2.84. The number of carbonyl (C=O) groups is 1. The van der Waals surface area contributed by atoms with Crippen LogP contribution in [0.2, 0.25) is 0 Å². The van der Waals surface area contributed by atoms with Gasteiger partial charge in [-0.25, -0.2) is 4.68 Å². The Morgan fingerprint density at radius 3 is 2.92 bits per heavy atom. The van der Waals surface area contributed by atoms with Crippen LogP contribution in [0.25, 0.3) is 5.69 Å². The molecule has 1 atom stereocenters. The quantitative estimate of drug-likeness (QED) is 0.637. The van der Waals surface area contributed by atoms with Crippen LogP contribution in [0, 0.1) is 17.0 Å². The molecule has 136 valence electrons. The Labute approximate surface area is 148 Å². The maximum absolute atomic E-state index is 12.4. The van der Waals surface area contributed by atoms with Gasteiger partial charge in [-0.05, 0) is 25.8 Å². The smallest absolute Gasteiger partial charge is 0.294 e. The van der Waals surface area contributed by atoms with Crippen molar-refractivity contribution in [1.82, 2.24) is 15.1 Å². The number of nitro benzene ring substituents is 1. The standard InChI is InChI=1S/C17H18N4O5/c1-11-9-15(22)16(17(23)18-10-12-5-4-8-26-12)19-20(11)13-6-2-3-7-14(13)21(24)25/h2-3,6-7,9,12H,4-5,8,10H2,1H3,(H,18,23). The average Bonchev–Trinajstić information content (AvgIpc) is 3.13. The fourth-order valence-electron chi connectivity index (χ4n) is 2.84. The first kappa shape index (κ1) is 17.7. The molecule has 3 rings (SSSR count). The molecule has 26 heavy (non-hydrogen) atoms. The van der Waals surface area contributed by atoms with Crippen molar-refractivity contribution in [1.29, 1.82) is 0 Å². The maximum Gasteiger partial charge on any atom is 0.294 e. The van der Waals surface area contributed by atoms with Crippen molar-refractivity contribution in [2.75, 3.05) is 13.2 Å². The molecule has 1 aliphatic rings. The maximum atomic E-state index is 12.4. The van der Waals surface area contributed by atoms with E-state index in [1.54, 1.807) is 13.0 Å². The van der Waals surface area contributed by atoms with Crippen LogP contribution in [0.15, 0.2) is 35.1 Å². The molecule has 0 bridgehead atoms. The van der Waals surface area contributed by atoms with E-state index in [1.165, 1.54) is 28.9 Å². The van der Waals surface area contributed by atoms with Gasteiger partial charge in [0.15, 0.2) is 5.69 Å². The van der Waals surface area contributed by atoms with Crippen LogP contribution in [0.3, 0.4) is 0 Å². The third kappa shape index (κ3) is 3.62. The minimum atomic E-state index is -0.627. The number of aryl methyl sites for hydroxylation is 1. The highest BCUT2D eigenvalue weighted by molar-refractivity contribution is 5.92. The first-order valence-electron chi connectivity index (χ1n) is 8.22. The van der Waals surface area contributed by atoms with Gasteiger partial charge < -0.3 is 10.1 Å². The van der Waals surface area contributed by atoms with Gasteiger partial charge in [-0.15, -0.1) is 0 Å². The summed E-state index contributed by atoms with van der Waals surface area (Å²) in [5.74, 6) is -0.627. The second-order valence-electron chi connectivity index (χ2n) is 6.00. The number of carbonyl (C=O) groups excluding carboxylic acids is 1. The number of ether oxygens (including phenoxy) is 1. The van der Waals surface area contributed by atoms with Crippen LogP contribution in [0.1, 0.15) is 29.0 Å². The van der Waals surface area contributed by atoms with Crippen molar-refractivity contribution < 1.29 is 14.5 Å². The van der Waals surface area contributed by atoms with E-state index in [0.717, 1.165) is 12.8 Å². The van der Waals surface area contributed by atoms with E-state index in [0.29, 0.717) is 18.8 Å². The summed E-state index contributed by atoms with van der Waals surface area (Å²) < 4.78 is 6.67. The van der Waals surface area contributed by atoms with E-state index in [-0.39, 0.29) is 23.2 Å². The lowest BCUT2D eigenvalue weighted by molar-refractivity contribution is -0.384. The number of hydrogen-bond donors (Lipinski definition) is 1. The number of amides is 1. The highest BCUT2D eigenvalue weighted by Gasteiger charge is 2.21. The lowest BCUT2D eigenvalue weighted by Crippen LogP contribution is -2.36. The summed E-state index contributed by atoms with van der Waals surface area (Å²) in [5, 5.41) is 18.0. The highest BCUT2D eigenvalue weighted by Crippen LogP contribution is 2.22. The van der Waals surface area contributed by atoms with Gasteiger partial charge in [-0.3, -0.25) is 19.7 Å². The number of nitrogens with one attached hydrogen (secondary N) is 1. The molecular weight excluding hydrogens is 340 g/mol. The largest absolute Gasteiger partial charge is 0.376 e. The molecule has 9 heteroatoms. The third-order valence-corrected chi connectivity index (χ3v) is 4.14. The van der Waals surface area contributed by atoms with Gasteiger partial charge in [0.1, 0.15) is 5.69 Å². The Bertz CT molecular complexity index is 902. The molecule has 1 saturated heterocycles. The third-order valence-electron chi connectivity index (χ3n) is 4.14. The molecule has 1 N–H and O–H groups in total. The summed E-state index contributed by atoms with van der Waals surface area (Å²) in [4.78, 5) is 35.3. The molecule has 1 aromatic heterocycles. The van der Waals surface area contributed by atoms with Gasteiger partial charge >= 0.3 is 0 Å². The Kier molecular flexibility index (Phi) is 5.08. The molecule has 0 saturated carbocycles. The van der Waals surface area contributed by atoms with Gasteiger partial charge in [-0.2, -0.15) is 5.10 Å². The molecule has 1 amide bonds. The van der Waals surface area contributed by atoms with Crippen molar-refractivity contribution >= 4 is 11.6 Å². The lowest BCUT2D eigenvalue weighted by Gasteiger charge is -2.13. The molecule has 1 aromatic carbocycles. The SMILES string of the molecule is Cc1cc(=O)c(C(=O)NCC2CCCO2)nn1-c1ccccc1[N+](=O)[O-]. The summed E-state index contributed by atoms with van der Waals surface area (Å²) in [6.07, 6.45) is 1.72. The monoisotopic (exact) mass is 358 g/mol. The van der Waals surface area contributed by atoms with Crippen LogP contribution >= 0.6 is 0 Å². The molecule has 0 spiro atoms. The second-order valence-corrected chi connectivity index (χ2v) is 6.00. The number of hydrogen-bond acceptors (Lipinski definition) is 6. The number of benzene rings is 1. The topological polar surface area (TPSA) is 116 Å². The highest BCUT2D eigenvalue weighted by atomic mass is 16.6. The molecule has 1 aliphatic heterocycles. The molecule has 1 fully saturated rings. The van der Waals surface area contributed by atoms with E-state index in [4.69, 9.17) is 4.74 Å². The van der Waals surface area contributed by atoms with Crippen molar-refractivity contribution in [2.24, 2.45) is 0 Å². The number of nitro groups is 1. The number of nitrogens with zero attached hydrogens (tertiary/aromatic N) is 3. The van der Waals surface area contributed by atoms with Crippen LogP contribution in [0.4, 0.5) is 5.69 Å². The predicted molar refractivity (Wildman–Crippen MR) is 92.5 cm³/mol. The predicted octanol–water partition coefficient (Wildman–Crippen LogP) is 1.36. The van der Waals surface area contributed by atoms with Crippen molar-refractivity contribution in [3.63, 3.8) is 0 Å². The van der Waals surface area contributed by atoms with Gasteiger partial charge in [0.25, 0.3) is 11.6 Å². The Morgan fingerprint density at radius 2 is 2.23 bits per heavy atom. The summed E-state index contributed by atoms with van der Waals surface area (Å²) in [6.45, 7) is 2.55. The summed E-state index contributed by atoms with van der Waals surface area (Å²) in [7, 11) is 0. The lowest BCUT2D eigenvalue weighted by atomic mass is 10.2. The minimum absolute atomic E-state index is 0.0677. The van der Waals surface area contributed by atoms with E-state index < -0.39 is 16.3 Å². The number of aromatic nitrogens is 2. The van der Waals surface area contributed by atoms with E-state index in [1.807, 2.05) is 0 Å². The van der Waals surface area contributed by atoms with Crippen LogP contribution in [-0.2, 0) is 4.74 Å². The van der Waals surface area contributed by atoms with E-state index in [9.17, 15) is 19.7 Å². The molecular formula is C17H18N4O5. The first-order chi connectivity index (χ1) is 12.5. The second kappa shape index (κ2) is 7.44. The summed E-state index contributed by atoms with van der Waals surface area (Å²) in [6, 6.07) is 7.25. The normalized spacial score (nSPS) is 16.4. The molecule has 0 radical (unpaired) electrons. The fraction of sp³-hybridized carbons (Fsp3) is 0.353.